The van der Waals surface area contributed by atoms with E-state index in [-0.39, 0.29) is 11.5 Å². The van der Waals surface area contributed by atoms with Crippen LogP contribution in [-0.4, -0.2) is 28.9 Å². The molecule has 0 spiro atoms. The van der Waals surface area contributed by atoms with Crippen molar-refractivity contribution in [2.24, 2.45) is 0 Å². The second-order valence-electron chi connectivity index (χ2n) is 9.49. The van der Waals surface area contributed by atoms with E-state index in [2.05, 4.69) is 21.3 Å². The lowest BCUT2D eigenvalue weighted by molar-refractivity contribution is 0.261. The Balaban J connectivity index is 1.19. The Hall–Kier alpha value is -5.86. The number of carbonyl (C=O) groups excluding carboxylic acids is 2. The first-order valence-electron chi connectivity index (χ1n) is 13.5. The van der Waals surface area contributed by atoms with Gasteiger partial charge in [0.05, 0.1) is 0 Å². The summed E-state index contributed by atoms with van der Waals surface area (Å²) in [6.07, 6.45) is 0. The molecule has 0 atom stereocenters. The number of rotatable bonds is 10. The molecule has 234 valence electrons. The third kappa shape index (κ3) is 8.62. The first-order valence-corrected chi connectivity index (χ1v) is 16.3. The zero-order valence-electron chi connectivity index (χ0n) is 23.8. The third-order valence-electron chi connectivity index (χ3n) is 6.08. The van der Waals surface area contributed by atoms with E-state index in [1.807, 2.05) is 12.1 Å². The second-order valence-corrected chi connectivity index (χ2v) is 12.6. The molecule has 46 heavy (non-hydrogen) atoms. The van der Waals surface area contributed by atoms with Crippen LogP contribution in [0.25, 0.3) is 0 Å². The Kier molecular flexibility index (Phi) is 9.50. The van der Waals surface area contributed by atoms with Gasteiger partial charge >= 0.3 is 32.3 Å². The summed E-state index contributed by atoms with van der Waals surface area (Å²) in [7, 11) is -8.90. The number of para-hydroxylation sites is 2. The number of benzene rings is 5. The van der Waals surface area contributed by atoms with Crippen molar-refractivity contribution in [3.63, 3.8) is 0 Å². The zero-order chi connectivity index (χ0) is 32.6. The average Bonchev–Trinajstić information content (AvgIpc) is 3.04. The summed E-state index contributed by atoms with van der Waals surface area (Å²) in [5, 5.41) is 10.6. The minimum atomic E-state index is -4.45. The molecule has 0 unspecified atom stereocenters. The zero-order valence-corrected chi connectivity index (χ0v) is 25.4. The average molecular weight is 659 g/mol. The highest BCUT2D eigenvalue weighted by molar-refractivity contribution is 7.88. The smallest absolute Gasteiger partial charge is 0.339 e. The molecule has 0 aliphatic rings. The predicted octanol–water partition coefficient (Wildman–Crippen LogP) is 6.51. The van der Waals surface area contributed by atoms with Gasteiger partial charge in [0, 0.05) is 22.7 Å². The molecule has 0 saturated heterocycles. The Morgan fingerprint density at radius 3 is 1.09 bits per heavy atom. The van der Waals surface area contributed by atoms with Crippen molar-refractivity contribution in [2.75, 3.05) is 21.3 Å². The number of anilines is 4. The molecule has 4 N–H and O–H groups in total. The van der Waals surface area contributed by atoms with Crippen LogP contribution in [0.4, 0.5) is 32.3 Å². The maximum absolute atomic E-state index is 13.0. The van der Waals surface area contributed by atoms with Gasteiger partial charge in [0.2, 0.25) is 0 Å². The Morgan fingerprint density at radius 2 is 0.739 bits per heavy atom. The second kappa shape index (κ2) is 13.8. The Bertz CT molecular complexity index is 1900. The lowest BCUT2D eigenvalue weighted by Crippen LogP contribution is -2.19. The van der Waals surface area contributed by atoms with E-state index in [0.717, 1.165) is 6.07 Å². The molecule has 0 saturated carbocycles. The van der Waals surface area contributed by atoms with Crippen molar-refractivity contribution < 1.29 is 34.8 Å². The number of hydrogen-bond donors (Lipinski definition) is 4. The SMILES string of the molecule is O=C(Nc1ccccc1)Nc1ccc(OS(=O)(=O)c2cccc(S(=O)(=O)Oc3ccc(NC(=O)Nc4ccccc4)cc3)c2)cc1. The number of hydrogen-bond acceptors (Lipinski definition) is 8. The van der Waals surface area contributed by atoms with Gasteiger partial charge in [-0.15, -0.1) is 0 Å². The molecule has 0 heterocycles. The minimum absolute atomic E-state index is 0.0651. The highest BCUT2D eigenvalue weighted by Crippen LogP contribution is 2.25. The minimum Gasteiger partial charge on any atom is -0.379 e. The van der Waals surface area contributed by atoms with E-state index < -0.39 is 42.1 Å². The molecule has 14 heteroatoms. The number of carbonyl (C=O) groups is 2. The Labute approximate surface area is 265 Å². The summed E-state index contributed by atoms with van der Waals surface area (Å²) >= 11 is 0. The molecule has 5 rings (SSSR count). The molecule has 5 aromatic carbocycles. The van der Waals surface area contributed by atoms with Gasteiger partial charge in [-0.25, -0.2) is 9.59 Å². The molecule has 0 aliphatic carbocycles. The highest BCUT2D eigenvalue weighted by atomic mass is 32.2. The van der Waals surface area contributed by atoms with Gasteiger partial charge in [-0.1, -0.05) is 42.5 Å². The van der Waals surface area contributed by atoms with E-state index in [1.54, 1.807) is 48.5 Å². The fourth-order valence-electron chi connectivity index (χ4n) is 3.95. The molecule has 4 amide bonds. The van der Waals surface area contributed by atoms with E-state index in [9.17, 15) is 26.4 Å². The molecular weight excluding hydrogens is 633 g/mol. The summed E-state index contributed by atoms with van der Waals surface area (Å²) in [5.74, 6) is -0.130. The van der Waals surface area contributed by atoms with E-state index in [4.69, 9.17) is 8.37 Å². The molecule has 0 bridgehead atoms. The van der Waals surface area contributed by atoms with Gasteiger partial charge in [-0.05, 0) is 91.0 Å². The molecule has 0 aliphatic heterocycles. The summed E-state index contributed by atoms with van der Waals surface area (Å²) in [6, 6.07) is 32.3. The standard InChI is InChI=1S/C32H26N4O8S2/c37-31(33-23-8-3-1-4-9-23)35-25-14-18-27(19-15-25)43-45(39,40)29-12-7-13-30(22-29)46(41,42)44-28-20-16-26(17-21-28)36-32(38)34-24-10-5-2-6-11-24/h1-22H,(H2,33,35,37)(H2,34,36,38). The highest BCUT2D eigenvalue weighted by Gasteiger charge is 2.23. The summed E-state index contributed by atoms with van der Waals surface area (Å²) in [6.45, 7) is 0. The maximum atomic E-state index is 13.0. The number of nitrogens with one attached hydrogen (secondary N) is 4. The first-order chi connectivity index (χ1) is 22.1. The number of amides is 4. The third-order valence-corrected chi connectivity index (χ3v) is 8.57. The summed E-state index contributed by atoms with van der Waals surface area (Å²) < 4.78 is 62.2. The molecule has 0 radical (unpaired) electrons. The van der Waals surface area contributed by atoms with Crippen LogP contribution in [-0.2, 0) is 20.2 Å². The lowest BCUT2D eigenvalue weighted by Gasteiger charge is -2.11. The van der Waals surface area contributed by atoms with Gasteiger partial charge in [0.15, 0.2) is 0 Å². The van der Waals surface area contributed by atoms with Crippen molar-refractivity contribution in [3.8, 4) is 11.5 Å². The van der Waals surface area contributed by atoms with Crippen LogP contribution in [0, 0.1) is 0 Å². The van der Waals surface area contributed by atoms with Crippen LogP contribution in [0.1, 0.15) is 0 Å². The Morgan fingerprint density at radius 1 is 0.413 bits per heavy atom. The monoisotopic (exact) mass is 658 g/mol. The first kappa shape index (κ1) is 31.6. The molecule has 0 fully saturated rings. The molecule has 12 nitrogen and oxygen atoms in total. The van der Waals surface area contributed by atoms with Crippen LogP contribution in [0.5, 0.6) is 11.5 Å². The van der Waals surface area contributed by atoms with E-state index >= 15 is 0 Å². The van der Waals surface area contributed by atoms with Crippen LogP contribution in [0.15, 0.2) is 143 Å². The lowest BCUT2D eigenvalue weighted by atomic mass is 10.3. The van der Waals surface area contributed by atoms with E-state index in [0.29, 0.717) is 22.7 Å². The van der Waals surface area contributed by atoms with E-state index in [1.165, 1.54) is 66.7 Å². The van der Waals surface area contributed by atoms with Crippen molar-refractivity contribution in [1.82, 2.24) is 0 Å². The normalized spacial score (nSPS) is 11.1. The van der Waals surface area contributed by atoms with Gasteiger partial charge in [0.25, 0.3) is 0 Å². The van der Waals surface area contributed by atoms with Gasteiger partial charge in [-0.3, -0.25) is 0 Å². The quantitative estimate of drug-likeness (QED) is 0.123. The van der Waals surface area contributed by atoms with Crippen molar-refractivity contribution >= 4 is 55.0 Å². The van der Waals surface area contributed by atoms with Crippen LogP contribution < -0.4 is 29.6 Å². The predicted molar refractivity (Wildman–Crippen MR) is 173 cm³/mol. The van der Waals surface area contributed by atoms with Crippen LogP contribution in [0.2, 0.25) is 0 Å². The van der Waals surface area contributed by atoms with Crippen molar-refractivity contribution in [2.45, 2.75) is 9.79 Å². The van der Waals surface area contributed by atoms with Gasteiger partial charge in [0.1, 0.15) is 21.3 Å². The molecule has 0 aromatic heterocycles. The van der Waals surface area contributed by atoms with Crippen LogP contribution >= 0.6 is 0 Å². The van der Waals surface area contributed by atoms with Gasteiger partial charge in [-0.2, -0.15) is 16.8 Å². The van der Waals surface area contributed by atoms with Gasteiger partial charge < -0.3 is 29.6 Å². The fraction of sp³-hybridized carbons (Fsp3) is 0. The molecule has 5 aromatic rings. The maximum Gasteiger partial charge on any atom is 0.339 e. The van der Waals surface area contributed by atoms with Crippen molar-refractivity contribution in [3.05, 3.63) is 133 Å². The largest absolute Gasteiger partial charge is 0.379 e. The fourth-order valence-corrected chi connectivity index (χ4v) is 5.98. The molecular formula is C32H26N4O8S2. The topological polar surface area (TPSA) is 169 Å². The van der Waals surface area contributed by atoms with Crippen molar-refractivity contribution in [1.29, 1.82) is 0 Å². The summed E-state index contributed by atoms with van der Waals surface area (Å²) in [5.41, 5.74) is 1.94. The summed E-state index contributed by atoms with van der Waals surface area (Å²) in [4.78, 5) is 23.5. The number of urea groups is 2. The van der Waals surface area contributed by atoms with Crippen LogP contribution in [0.3, 0.4) is 0 Å².